The summed E-state index contributed by atoms with van der Waals surface area (Å²) in [4.78, 5) is 25.1. The number of hydrogen-bond donors (Lipinski definition) is 2. The second-order valence-electron chi connectivity index (χ2n) is 8.66. The average Bonchev–Trinajstić information content (AvgIpc) is 3.21. The summed E-state index contributed by atoms with van der Waals surface area (Å²) in [5, 5.41) is 14.8. The van der Waals surface area contributed by atoms with E-state index in [-0.39, 0.29) is 24.1 Å². The maximum atomic E-state index is 12.6. The third-order valence-corrected chi connectivity index (χ3v) is 7.29. The molecular formula is C26H32IN5O3S. The topological polar surface area (TPSA) is 98.1 Å². The molecule has 0 aliphatic carbocycles. The van der Waals surface area contributed by atoms with E-state index in [1.165, 1.54) is 17.3 Å². The monoisotopic (exact) mass is 621 g/mol. The predicted molar refractivity (Wildman–Crippen MR) is 151 cm³/mol. The molecule has 0 bridgehead atoms. The summed E-state index contributed by atoms with van der Waals surface area (Å²) in [5.41, 5.74) is 3.14. The summed E-state index contributed by atoms with van der Waals surface area (Å²) in [6, 6.07) is 13.7. The minimum Gasteiger partial charge on any atom is -0.481 e. The van der Waals surface area contributed by atoms with Crippen molar-refractivity contribution in [3.05, 3.63) is 63.0 Å². The zero-order chi connectivity index (χ0) is 26.2. The van der Waals surface area contributed by atoms with Crippen molar-refractivity contribution < 1.29 is 14.3 Å². The molecule has 2 N–H and O–H groups in total. The number of amides is 2. The van der Waals surface area contributed by atoms with Gasteiger partial charge in [-0.3, -0.25) is 9.59 Å². The summed E-state index contributed by atoms with van der Waals surface area (Å²) < 4.78 is 8.65. The minimum atomic E-state index is -0.653. The van der Waals surface area contributed by atoms with Crippen LogP contribution < -0.4 is 15.4 Å². The van der Waals surface area contributed by atoms with Crippen molar-refractivity contribution in [2.75, 3.05) is 11.1 Å². The van der Waals surface area contributed by atoms with Crippen LogP contribution in [0.4, 0.5) is 5.69 Å². The van der Waals surface area contributed by atoms with E-state index in [0.29, 0.717) is 22.6 Å². The highest BCUT2D eigenvalue weighted by atomic mass is 127. The number of benzene rings is 2. The predicted octanol–water partition coefficient (Wildman–Crippen LogP) is 4.92. The molecular weight excluding hydrogens is 589 g/mol. The molecule has 0 unspecified atom stereocenters. The lowest BCUT2D eigenvalue weighted by Gasteiger charge is -2.15. The molecule has 2 aromatic carbocycles. The Morgan fingerprint density at radius 1 is 1.11 bits per heavy atom. The van der Waals surface area contributed by atoms with Gasteiger partial charge in [-0.25, -0.2) is 0 Å². The lowest BCUT2D eigenvalue weighted by atomic mass is 10.0. The molecule has 10 heteroatoms. The van der Waals surface area contributed by atoms with Crippen molar-refractivity contribution in [1.29, 1.82) is 0 Å². The molecule has 192 valence electrons. The van der Waals surface area contributed by atoms with Crippen LogP contribution in [0.1, 0.15) is 50.6 Å². The Bertz CT molecular complexity index is 1200. The van der Waals surface area contributed by atoms with Crippen LogP contribution >= 0.6 is 34.4 Å². The maximum Gasteiger partial charge on any atom is 0.261 e. The zero-order valence-corrected chi connectivity index (χ0v) is 24.1. The van der Waals surface area contributed by atoms with Crippen molar-refractivity contribution in [3.8, 4) is 5.75 Å². The molecule has 0 saturated carbocycles. The molecule has 0 fully saturated rings. The summed E-state index contributed by atoms with van der Waals surface area (Å²) in [5.74, 6) is 1.38. The molecule has 0 radical (unpaired) electrons. The van der Waals surface area contributed by atoms with Crippen LogP contribution in [0.3, 0.4) is 0 Å². The normalized spacial score (nSPS) is 11.9. The zero-order valence-electron chi connectivity index (χ0n) is 21.2. The van der Waals surface area contributed by atoms with E-state index in [1.807, 2.05) is 43.4 Å². The highest BCUT2D eigenvalue weighted by molar-refractivity contribution is 14.1. The summed E-state index contributed by atoms with van der Waals surface area (Å²) >= 11 is 3.57. The number of aryl methyl sites for hydroxylation is 1. The Kier molecular flexibility index (Phi) is 10.2. The van der Waals surface area contributed by atoms with Gasteiger partial charge in [0.2, 0.25) is 5.91 Å². The fourth-order valence-electron chi connectivity index (χ4n) is 3.44. The largest absolute Gasteiger partial charge is 0.481 e. The molecule has 1 heterocycles. The highest BCUT2D eigenvalue weighted by Crippen LogP contribution is 2.27. The van der Waals surface area contributed by atoms with Gasteiger partial charge in [-0.2, -0.15) is 0 Å². The first-order valence-electron chi connectivity index (χ1n) is 11.8. The van der Waals surface area contributed by atoms with Crippen LogP contribution in [-0.2, 0) is 29.6 Å². The Labute approximate surface area is 230 Å². The van der Waals surface area contributed by atoms with E-state index in [1.54, 1.807) is 11.5 Å². The molecule has 1 atom stereocenters. The van der Waals surface area contributed by atoms with Gasteiger partial charge in [0.1, 0.15) is 5.75 Å². The molecule has 3 aromatic rings. The number of aromatic nitrogens is 3. The fraction of sp³-hybridized carbons (Fsp3) is 0.385. The van der Waals surface area contributed by atoms with E-state index in [9.17, 15) is 9.59 Å². The summed E-state index contributed by atoms with van der Waals surface area (Å²) in [6.07, 6.45) is 0.296. The van der Waals surface area contributed by atoms with E-state index >= 15 is 0 Å². The number of nitrogens with zero attached hydrogens (tertiary/aromatic N) is 3. The van der Waals surface area contributed by atoms with Crippen LogP contribution in [0, 0.1) is 3.57 Å². The number of rotatable bonds is 11. The quantitative estimate of drug-likeness (QED) is 0.233. The Morgan fingerprint density at radius 3 is 2.50 bits per heavy atom. The first-order valence-corrected chi connectivity index (χ1v) is 13.9. The molecule has 0 spiro atoms. The Balaban J connectivity index is 1.49. The van der Waals surface area contributed by atoms with E-state index in [4.69, 9.17) is 4.74 Å². The highest BCUT2D eigenvalue weighted by Gasteiger charge is 2.17. The standard InChI is InChI=1S/C26H32IN5O3S/c1-6-18-7-10-20(11-8-18)35-17(4)25(34)28-14-23-30-31-26(32(23)5)36-15-24(33)29-22-12-9-19(27)13-21(22)16(2)3/h7-13,16-17H,6,14-15H2,1-5H3,(H,28,34)(H,29,33)/t17-/m0/s1. The minimum absolute atomic E-state index is 0.112. The second-order valence-corrected chi connectivity index (χ2v) is 10.8. The lowest BCUT2D eigenvalue weighted by molar-refractivity contribution is -0.127. The number of carbonyl (C=O) groups is 2. The summed E-state index contributed by atoms with van der Waals surface area (Å²) in [7, 11) is 1.81. The number of thioether (sulfide) groups is 1. The molecule has 1 aromatic heterocycles. The molecule has 2 amide bonds. The SMILES string of the molecule is CCc1ccc(O[C@@H](C)C(=O)NCc2nnc(SCC(=O)Nc3ccc(I)cc3C(C)C)n2C)cc1. The lowest BCUT2D eigenvalue weighted by Crippen LogP contribution is -2.36. The second kappa shape index (κ2) is 13.1. The molecule has 36 heavy (non-hydrogen) atoms. The van der Waals surface area contributed by atoms with Crippen LogP contribution in [0.15, 0.2) is 47.6 Å². The first kappa shape index (κ1) is 28.0. The molecule has 3 rings (SSSR count). The number of nitrogens with one attached hydrogen (secondary N) is 2. The molecule has 0 aliphatic rings. The van der Waals surface area contributed by atoms with Gasteiger partial charge in [0.25, 0.3) is 5.91 Å². The molecule has 0 saturated heterocycles. The van der Waals surface area contributed by atoms with E-state index < -0.39 is 6.10 Å². The number of hydrogen-bond acceptors (Lipinski definition) is 6. The van der Waals surface area contributed by atoms with Gasteiger partial charge >= 0.3 is 0 Å². The first-order chi connectivity index (χ1) is 17.2. The Morgan fingerprint density at radius 2 is 1.83 bits per heavy atom. The van der Waals surface area contributed by atoms with Crippen LogP contribution in [-0.4, -0.2) is 38.4 Å². The van der Waals surface area contributed by atoms with Gasteiger partial charge in [-0.05, 0) is 83.3 Å². The Hall–Kier alpha value is -2.60. The summed E-state index contributed by atoms with van der Waals surface area (Å²) in [6.45, 7) is 8.21. The number of carbonyl (C=O) groups excluding carboxylic acids is 2. The number of anilines is 1. The van der Waals surface area contributed by atoms with Gasteiger partial charge in [-0.15, -0.1) is 10.2 Å². The van der Waals surface area contributed by atoms with Crippen molar-refractivity contribution in [1.82, 2.24) is 20.1 Å². The van der Waals surface area contributed by atoms with Gasteiger partial charge in [-0.1, -0.05) is 44.7 Å². The van der Waals surface area contributed by atoms with Crippen LogP contribution in [0.5, 0.6) is 5.75 Å². The van der Waals surface area contributed by atoms with Crippen molar-refractivity contribution in [3.63, 3.8) is 0 Å². The van der Waals surface area contributed by atoms with Crippen LogP contribution in [0.25, 0.3) is 0 Å². The van der Waals surface area contributed by atoms with Crippen LogP contribution in [0.2, 0.25) is 0 Å². The average molecular weight is 622 g/mol. The van der Waals surface area contributed by atoms with Gasteiger partial charge in [0, 0.05) is 16.3 Å². The van der Waals surface area contributed by atoms with Gasteiger partial charge in [0.05, 0.1) is 12.3 Å². The fourth-order valence-corrected chi connectivity index (χ4v) is 4.68. The third-order valence-electron chi connectivity index (χ3n) is 5.60. The maximum absolute atomic E-state index is 12.6. The van der Waals surface area contributed by atoms with E-state index in [2.05, 4.69) is 70.3 Å². The van der Waals surface area contributed by atoms with E-state index in [0.717, 1.165) is 21.2 Å². The number of halogens is 1. The molecule has 8 nitrogen and oxygen atoms in total. The molecule has 0 aliphatic heterocycles. The van der Waals surface area contributed by atoms with Crippen molar-refractivity contribution >= 4 is 51.9 Å². The van der Waals surface area contributed by atoms with Crippen molar-refractivity contribution in [2.45, 2.75) is 57.8 Å². The number of ether oxygens (including phenoxy) is 1. The van der Waals surface area contributed by atoms with Crippen molar-refractivity contribution in [2.24, 2.45) is 7.05 Å². The van der Waals surface area contributed by atoms with Gasteiger partial charge in [0.15, 0.2) is 17.1 Å². The third kappa shape index (κ3) is 7.70. The smallest absolute Gasteiger partial charge is 0.261 e. The van der Waals surface area contributed by atoms with Gasteiger partial charge < -0.3 is 19.9 Å².